The molecule has 1 aromatic carbocycles. The minimum absolute atomic E-state index is 0.0267. The molecular formula is C17H20N2O5. The van der Waals surface area contributed by atoms with Crippen molar-refractivity contribution in [1.82, 2.24) is 4.90 Å². The average Bonchev–Trinajstić information content (AvgIpc) is 3.20. The molecule has 0 aromatic heterocycles. The monoisotopic (exact) mass is 332 g/mol. The summed E-state index contributed by atoms with van der Waals surface area (Å²) in [5.41, 5.74) is 0.530. The number of nitrogens with zero attached hydrogens (tertiary/aromatic N) is 1. The van der Waals surface area contributed by atoms with Crippen LogP contribution in [0.3, 0.4) is 0 Å². The predicted octanol–water partition coefficient (Wildman–Crippen LogP) is 1.35. The topological polar surface area (TPSA) is 95.9 Å². The molecule has 1 heterocycles. The molecule has 2 N–H and O–H groups in total. The number of likely N-dealkylation sites (tertiary alicyclic amines) is 1. The first-order chi connectivity index (χ1) is 11.5. The van der Waals surface area contributed by atoms with E-state index in [1.807, 2.05) is 0 Å². The Morgan fingerprint density at radius 1 is 1.21 bits per heavy atom. The molecule has 1 saturated heterocycles. The third-order valence-corrected chi connectivity index (χ3v) is 4.37. The smallest absolute Gasteiger partial charge is 0.307 e. The highest BCUT2D eigenvalue weighted by Gasteiger charge is 2.48. The van der Waals surface area contributed by atoms with Crippen molar-refractivity contribution in [2.45, 2.75) is 19.3 Å². The van der Waals surface area contributed by atoms with Gasteiger partial charge >= 0.3 is 5.97 Å². The van der Waals surface area contributed by atoms with Gasteiger partial charge in [0.1, 0.15) is 5.75 Å². The number of nitrogens with one attached hydrogen (secondary N) is 1. The summed E-state index contributed by atoms with van der Waals surface area (Å²) in [6, 6.07) is 6.76. The Morgan fingerprint density at radius 2 is 1.96 bits per heavy atom. The van der Waals surface area contributed by atoms with Crippen molar-refractivity contribution in [2.24, 2.45) is 11.8 Å². The first-order valence-corrected chi connectivity index (χ1v) is 8.09. The van der Waals surface area contributed by atoms with Gasteiger partial charge in [-0.3, -0.25) is 14.4 Å². The van der Waals surface area contributed by atoms with Crippen LogP contribution in [0.5, 0.6) is 5.75 Å². The molecule has 0 spiro atoms. The van der Waals surface area contributed by atoms with Crippen molar-refractivity contribution >= 4 is 23.5 Å². The fourth-order valence-corrected chi connectivity index (χ4v) is 2.86. The number of carbonyl (C=O) groups is 3. The first kappa shape index (κ1) is 16.3. The second-order valence-corrected chi connectivity index (χ2v) is 6.18. The van der Waals surface area contributed by atoms with Gasteiger partial charge in [0, 0.05) is 24.8 Å². The number of hydrogen-bond donors (Lipinski definition) is 2. The van der Waals surface area contributed by atoms with Gasteiger partial charge in [-0.15, -0.1) is 0 Å². The molecule has 2 unspecified atom stereocenters. The van der Waals surface area contributed by atoms with E-state index in [0.29, 0.717) is 17.9 Å². The lowest BCUT2D eigenvalue weighted by Gasteiger charge is -2.15. The maximum Gasteiger partial charge on any atom is 0.307 e. The molecule has 7 nitrogen and oxygen atoms in total. The molecule has 3 rings (SSSR count). The molecule has 1 aliphatic carbocycles. The highest BCUT2D eigenvalue weighted by atomic mass is 16.5. The number of carboxylic acids is 1. The van der Waals surface area contributed by atoms with Crippen LogP contribution in [-0.4, -0.2) is 47.5 Å². The van der Waals surface area contributed by atoms with Gasteiger partial charge in [-0.2, -0.15) is 0 Å². The Morgan fingerprint density at radius 3 is 2.62 bits per heavy atom. The summed E-state index contributed by atoms with van der Waals surface area (Å²) in [6.45, 7) is 1.54. The number of aliphatic carboxylic acids is 1. The molecule has 2 amide bonds. The van der Waals surface area contributed by atoms with E-state index in [9.17, 15) is 14.4 Å². The maximum atomic E-state index is 12.0. The lowest BCUT2D eigenvalue weighted by Crippen LogP contribution is -2.32. The zero-order valence-corrected chi connectivity index (χ0v) is 13.2. The van der Waals surface area contributed by atoms with E-state index in [-0.39, 0.29) is 18.4 Å². The van der Waals surface area contributed by atoms with E-state index in [0.717, 1.165) is 25.9 Å². The van der Waals surface area contributed by atoms with E-state index >= 15 is 0 Å². The standard InChI is InChI=1S/C17H20N2O5/c20-15(19-6-1-2-7-19)10-24-12-5-3-4-11(8-12)18-16(21)13-9-14(13)17(22)23/h3-5,8,13-14H,1-2,6-7,9-10H2,(H,18,21)(H,22,23). The summed E-state index contributed by atoms with van der Waals surface area (Å²) < 4.78 is 5.50. The number of rotatable bonds is 6. The van der Waals surface area contributed by atoms with Crippen LogP contribution in [0.2, 0.25) is 0 Å². The Labute approximate surface area is 139 Å². The van der Waals surface area contributed by atoms with Gasteiger partial charge in [-0.05, 0) is 31.4 Å². The SMILES string of the molecule is O=C(O)C1CC1C(=O)Nc1cccc(OCC(=O)N2CCCC2)c1. The number of carboxylic acid groups (broad SMARTS) is 1. The Hall–Kier alpha value is -2.57. The van der Waals surface area contributed by atoms with Crippen LogP contribution in [-0.2, 0) is 14.4 Å². The minimum atomic E-state index is -0.937. The molecule has 2 aliphatic rings. The normalized spacial score (nSPS) is 22.1. The van der Waals surface area contributed by atoms with Crippen LogP contribution in [0.15, 0.2) is 24.3 Å². The summed E-state index contributed by atoms with van der Waals surface area (Å²) in [5, 5.41) is 11.6. The van der Waals surface area contributed by atoms with Gasteiger partial charge in [0.05, 0.1) is 11.8 Å². The molecular weight excluding hydrogens is 312 g/mol. The molecule has 0 radical (unpaired) electrons. The van der Waals surface area contributed by atoms with Crippen molar-refractivity contribution in [1.29, 1.82) is 0 Å². The van der Waals surface area contributed by atoms with Crippen molar-refractivity contribution in [3.8, 4) is 5.75 Å². The largest absolute Gasteiger partial charge is 0.484 e. The summed E-state index contributed by atoms with van der Waals surface area (Å²) in [6.07, 6.45) is 2.44. The van der Waals surface area contributed by atoms with Gasteiger partial charge in [0.25, 0.3) is 5.91 Å². The lowest BCUT2D eigenvalue weighted by molar-refractivity contribution is -0.139. The van der Waals surface area contributed by atoms with Crippen LogP contribution in [0.1, 0.15) is 19.3 Å². The van der Waals surface area contributed by atoms with E-state index in [1.54, 1.807) is 29.2 Å². The molecule has 128 valence electrons. The Kier molecular flexibility index (Phi) is 4.69. The van der Waals surface area contributed by atoms with Gasteiger partial charge in [-0.25, -0.2) is 0 Å². The van der Waals surface area contributed by atoms with Crippen LogP contribution in [0.4, 0.5) is 5.69 Å². The van der Waals surface area contributed by atoms with E-state index in [1.165, 1.54) is 0 Å². The Bertz CT molecular complexity index is 654. The van der Waals surface area contributed by atoms with Gasteiger partial charge in [-0.1, -0.05) is 6.07 Å². The predicted molar refractivity (Wildman–Crippen MR) is 85.6 cm³/mol. The molecule has 1 aliphatic heterocycles. The van der Waals surface area contributed by atoms with Crippen LogP contribution >= 0.6 is 0 Å². The van der Waals surface area contributed by atoms with Crippen molar-refractivity contribution < 1.29 is 24.2 Å². The van der Waals surface area contributed by atoms with Gasteiger partial charge < -0.3 is 20.1 Å². The quantitative estimate of drug-likeness (QED) is 0.820. The number of hydrogen-bond acceptors (Lipinski definition) is 4. The molecule has 1 saturated carbocycles. The second kappa shape index (κ2) is 6.90. The summed E-state index contributed by atoms with van der Waals surface area (Å²) in [5.74, 6) is -1.83. The number of anilines is 1. The summed E-state index contributed by atoms with van der Waals surface area (Å²) >= 11 is 0. The first-order valence-electron chi connectivity index (χ1n) is 8.09. The average molecular weight is 332 g/mol. The summed E-state index contributed by atoms with van der Waals surface area (Å²) in [4.78, 5) is 36.5. The molecule has 7 heteroatoms. The van der Waals surface area contributed by atoms with Crippen LogP contribution < -0.4 is 10.1 Å². The van der Waals surface area contributed by atoms with Gasteiger partial charge in [0.2, 0.25) is 5.91 Å². The number of benzene rings is 1. The number of carbonyl (C=O) groups excluding carboxylic acids is 2. The van der Waals surface area contributed by atoms with Crippen LogP contribution in [0, 0.1) is 11.8 Å². The summed E-state index contributed by atoms with van der Waals surface area (Å²) in [7, 11) is 0. The number of amides is 2. The van der Waals surface area contributed by atoms with Crippen molar-refractivity contribution in [3.63, 3.8) is 0 Å². The highest BCUT2D eigenvalue weighted by molar-refractivity contribution is 5.98. The van der Waals surface area contributed by atoms with Crippen LogP contribution in [0.25, 0.3) is 0 Å². The van der Waals surface area contributed by atoms with Crippen molar-refractivity contribution in [3.05, 3.63) is 24.3 Å². The molecule has 2 fully saturated rings. The number of ether oxygens (including phenoxy) is 1. The molecule has 0 bridgehead atoms. The lowest BCUT2D eigenvalue weighted by atomic mass is 10.2. The van der Waals surface area contributed by atoms with E-state index in [4.69, 9.17) is 9.84 Å². The van der Waals surface area contributed by atoms with Gasteiger partial charge in [0.15, 0.2) is 6.61 Å². The second-order valence-electron chi connectivity index (χ2n) is 6.18. The minimum Gasteiger partial charge on any atom is -0.484 e. The highest BCUT2D eigenvalue weighted by Crippen LogP contribution is 2.39. The third-order valence-electron chi connectivity index (χ3n) is 4.37. The maximum absolute atomic E-state index is 12.0. The zero-order valence-electron chi connectivity index (χ0n) is 13.2. The fraction of sp³-hybridized carbons (Fsp3) is 0.471. The zero-order chi connectivity index (χ0) is 17.1. The Balaban J connectivity index is 1.51. The van der Waals surface area contributed by atoms with E-state index < -0.39 is 17.8 Å². The third kappa shape index (κ3) is 3.84. The van der Waals surface area contributed by atoms with E-state index in [2.05, 4.69) is 5.32 Å². The van der Waals surface area contributed by atoms with Crippen molar-refractivity contribution in [2.75, 3.05) is 25.0 Å². The molecule has 1 aromatic rings. The fourth-order valence-electron chi connectivity index (χ4n) is 2.86. The molecule has 24 heavy (non-hydrogen) atoms. The molecule has 2 atom stereocenters.